The standard InChI is InChI=1S/C25H25NO3/c1-19-10-13-22(14-11-19)25(29)23-9-5-17-26(23)16-3-2-6-20-7-4-8-21(18-20)12-15-24(27)28/h2,4-11,13-14,17-18H,3,12,15-16H2,1H3,(H,27,28)/b6-2+. The predicted octanol–water partition coefficient (Wildman–Crippen LogP) is 5.15. The highest BCUT2D eigenvalue weighted by Crippen LogP contribution is 2.14. The summed E-state index contributed by atoms with van der Waals surface area (Å²) in [6, 6.07) is 19.3. The number of rotatable bonds is 9. The predicted molar refractivity (Wildman–Crippen MR) is 115 cm³/mol. The fourth-order valence-electron chi connectivity index (χ4n) is 3.20. The highest BCUT2D eigenvalue weighted by molar-refractivity contribution is 6.08. The molecule has 0 fully saturated rings. The number of ketones is 1. The molecule has 0 spiro atoms. The topological polar surface area (TPSA) is 59.3 Å². The molecule has 0 radical (unpaired) electrons. The number of allylic oxidation sites excluding steroid dienone is 1. The maximum atomic E-state index is 12.8. The number of carbonyl (C=O) groups excluding carboxylic acids is 1. The molecule has 0 amide bonds. The number of carboxylic acid groups (broad SMARTS) is 1. The SMILES string of the molecule is Cc1ccc(C(=O)c2cccn2CC/C=C/c2cccc(CCC(=O)O)c2)cc1. The molecule has 0 aliphatic carbocycles. The number of carbonyl (C=O) groups is 2. The summed E-state index contributed by atoms with van der Waals surface area (Å²) < 4.78 is 1.98. The first-order valence-corrected chi connectivity index (χ1v) is 9.77. The third kappa shape index (κ3) is 5.79. The van der Waals surface area contributed by atoms with Crippen molar-refractivity contribution < 1.29 is 14.7 Å². The van der Waals surface area contributed by atoms with E-state index < -0.39 is 5.97 Å². The summed E-state index contributed by atoms with van der Waals surface area (Å²) >= 11 is 0. The Balaban J connectivity index is 1.60. The van der Waals surface area contributed by atoms with Gasteiger partial charge in [0.2, 0.25) is 5.78 Å². The molecule has 0 unspecified atom stereocenters. The fraction of sp³-hybridized carbons (Fsp3) is 0.200. The normalized spacial score (nSPS) is 11.1. The van der Waals surface area contributed by atoms with E-state index >= 15 is 0 Å². The monoisotopic (exact) mass is 387 g/mol. The van der Waals surface area contributed by atoms with Gasteiger partial charge in [-0.1, -0.05) is 66.2 Å². The lowest BCUT2D eigenvalue weighted by atomic mass is 10.1. The van der Waals surface area contributed by atoms with E-state index in [4.69, 9.17) is 5.11 Å². The maximum Gasteiger partial charge on any atom is 0.303 e. The largest absolute Gasteiger partial charge is 0.481 e. The van der Waals surface area contributed by atoms with Crippen molar-refractivity contribution in [1.29, 1.82) is 0 Å². The van der Waals surface area contributed by atoms with Gasteiger partial charge in [-0.05, 0) is 43.0 Å². The van der Waals surface area contributed by atoms with Gasteiger partial charge in [0.15, 0.2) is 0 Å². The molecule has 0 saturated carbocycles. The molecule has 148 valence electrons. The van der Waals surface area contributed by atoms with Gasteiger partial charge in [0, 0.05) is 24.7 Å². The van der Waals surface area contributed by atoms with Gasteiger partial charge in [-0.25, -0.2) is 0 Å². The Kier molecular flexibility index (Phi) is 6.80. The van der Waals surface area contributed by atoms with E-state index in [1.54, 1.807) is 0 Å². The summed E-state index contributed by atoms with van der Waals surface area (Å²) in [6.45, 7) is 2.72. The first-order valence-electron chi connectivity index (χ1n) is 9.77. The highest BCUT2D eigenvalue weighted by Gasteiger charge is 2.12. The third-order valence-corrected chi connectivity index (χ3v) is 4.80. The number of aromatic nitrogens is 1. The van der Waals surface area contributed by atoms with E-state index in [-0.39, 0.29) is 12.2 Å². The third-order valence-electron chi connectivity index (χ3n) is 4.80. The molecule has 2 aromatic carbocycles. The van der Waals surface area contributed by atoms with Gasteiger partial charge in [0.1, 0.15) is 0 Å². The molecule has 0 atom stereocenters. The van der Waals surface area contributed by atoms with Crippen molar-refractivity contribution >= 4 is 17.8 Å². The van der Waals surface area contributed by atoms with Crippen LogP contribution < -0.4 is 0 Å². The summed E-state index contributed by atoms with van der Waals surface area (Å²) in [5.74, 6) is -0.751. The van der Waals surface area contributed by atoms with Crippen LogP contribution in [-0.2, 0) is 17.8 Å². The van der Waals surface area contributed by atoms with Crippen molar-refractivity contribution in [2.45, 2.75) is 32.7 Å². The van der Waals surface area contributed by atoms with Crippen LogP contribution in [-0.4, -0.2) is 21.4 Å². The number of aryl methyl sites for hydroxylation is 3. The molecule has 3 aromatic rings. The quantitative estimate of drug-likeness (QED) is 0.517. The Morgan fingerprint density at radius 3 is 2.59 bits per heavy atom. The zero-order chi connectivity index (χ0) is 20.6. The number of hydrogen-bond donors (Lipinski definition) is 1. The average Bonchev–Trinajstić information content (AvgIpc) is 3.18. The van der Waals surface area contributed by atoms with E-state index in [0.717, 1.165) is 29.7 Å². The molecule has 4 heteroatoms. The van der Waals surface area contributed by atoms with Gasteiger partial charge >= 0.3 is 5.97 Å². The summed E-state index contributed by atoms with van der Waals surface area (Å²) in [5, 5.41) is 8.81. The Hall–Kier alpha value is -3.40. The minimum Gasteiger partial charge on any atom is -0.481 e. The highest BCUT2D eigenvalue weighted by atomic mass is 16.4. The Morgan fingerprint density at radius 1 is 1.03 bits per heavy atom. The average molecular weight is 387 g/mol. The molecule has 1 heterocycles. The Labute approximate surface area is 171 Å². The smallest absolute Gasteiger partial charge is 0.303 e. The molecule has 0 bridgehead atoms. The number of benzene rings is 2. The van der Waals surface area contributed by atoms with E-state index in [1.807, 2.05) is 84.4 Å². The van der Waals surface area contributed by atoms with E-state index in [2.05, 4.69) is 6.08 Å². The molecule has 1 aromatic heterocycles. The van der Waals surface area contributed by atoms with E-state index in [9.17, 15) is 9.59 Å². The van der Waals surface area contributed by atoms with Crippen molar-refractivity contribution in [3.8, 4) is 0 Å². The molecular weight excluding hydrogens is 362 g/mol. The van der Waals surface area contributed by atoms with Gasteiger partial charge < -0.3 is 9.67 Å². The van der Waals surface area contributed by atoms with Crippen LogP contribution in [0.3, 0.4) is 0 Å². The fourth-order valence-corrected chi connectivity index (χ4v) is 3.20. The van der Waals surface area contributed by atoms with Gasteiger partial charge in [0.05, 0.1) is 5.69 Å². The minimum atomic E-state index is -0.784. The van der Waals surface area contributed by atoms with Crippen LogP contribution in [0.4, 0.5) is 0 Å². The second-order valence-corrected chi connectivity index (χ2v) is 7.11. The summed E-state index contributed by atoms with van der Waals surface area (Å²) in [5.41, 5.74) is 4.60. The second-order valence-electron chi connectivity index (χ2n) is 7.11. The molecular formula is C25H25NO3. The molecule has 4 nitrogen and oxygen atoms in total. The number of aliphatic carboxylic acids is 1. The van der Waals surface area contributed by atoms with Crippen LogP contribution in [0.5, 0.6) is 0 Å². The van der Waals surface area contributed by atoms with Gasteiger partial charge in [0.25, 0.3) is 0 Å². The molecule has 0 saturated heterocycles. The maximum absolute atomic E-state index is 12.8. The first-order chi connectivity index (χ1) is 14.0. The lowest BCUT2D eigenvalue weighted by molar-refractivity contribution is -0.136. The summed E-state index contributed by atoms with van der Waals surface area (Å²) in [6.07, 6.45) is 7.51. The van der Waals surface area contributed by atoms with Gasteiger partial charge in [-0.15, -0.1) is 0 Å². The van der Waals surface area contributed by atoms with Crippen LogP contribution in [0.2, 0.25) is 0 Å². The van der Waals surface area contributed by atoms with Crippen molar-refractivity contribution in [2.75, 3.05) is 0 Å². The molecule has 29 heavy (non-hydrogen) atoms. The van der Waals surface area contributed by atoms with Crippen LogP contribution in [0.1, 0.15) is 45.6 Å². The van der Waals surface area contributed by atoms with Crippen LogP contribution in [0, 0.1) is 6.92 Å². The second kappa shape index (κ2) is 9.69. The number of nitrogens with zero attached hydrogens (tertiary/aromatic N) is 1. The molecule has 3 rings (SSSR count). The van der Waals surface area contributed by atoms with Crippen molar-refractivity contribution in [2.24, 2.45) is 0 Å². The Morgan fingerprint density at radius 2 is 1.83 bits per heavy atom. The molecule has 0 aliphatic rings. The van der Waals surface area contributed by atoms with Crippen molar-refractivity contribution in [3.05, 3.63) is 101 Å². The van der Waals surface area contributed by atoms with Crippen molar-refractivity contribution in [3.63, 3.8) is 0 Å². The van der Waals surface area contributed by atoms with Crippen LogP contribution in [0.25, 0.3) is 6.08 Å². The van der Waals surface area contributed by atoms with Gasteiger partial charge in [-0.3, -0.25) is 9.59 Å². The van der Waals surface area contributed by atoms with Crippen LogP contribution in [0.15, 0.2) is 72.9 Å². The lowest BCUT2D eigenvalue weighted by Crippen LogP contribution is -2.09. The van der Waals surface area contributed by atoms with Gasteiger partial charge in [-0.2, -0.15) is 0 Å². The minimum absolute atomic E-state index is 0.0325. The van der Waals surface area contributed by atoms with E-state index in [1.165, 1.54) is 0 Å². The van der Waals surface area contributed by atoms with E-state index in [0.29, 0.717) is 17.7 Å². The zero-order valence-electron chi connectivity index (χ0n) is 16.5. The summed E-state index contributed by atoms with van der Waals surface area (Å²) in [7, 11) is 0. The molecule has 0 aliphatic heterocycles. The number of hydrogen-bond acceptors (Lipinski definition) is 2. The number of carboxylic acids is 1. The summed E-state index contributed by atoms with van der Waals surface area (Å²) in [4.78, 5) is 23.5. The van der Waals surface area contributed by atoms with Crippen LogP contribution >= 0.6 is 0 Å². The first kappa shape index (κ1) is 20.3. The van der Waals surface area contributed by atoms with Crippen molar-refractivity contribution in [1.82, 2.24) is 4.57 Å². The molecule has 1 N–H and O–H groups in total. The Bertz CT molecular complexity index is 1010. The lowest BCUT2D eigenvalue weighted by Gasteiger charge is -2.07. The zero-order valence-corrected chi connectivity index (χ0v) is 16.5.